The van der Waals surface area contributed by atoms with E-state index in [1.54, 1.807) is 11.3 Å². The van der Waals surface area contributed by atoms with E-state index in [4.69, 9.17) is 0 Å². The second-order valence-corrected chi connectivity index (χ2v) is 7.21. The molecule has 0 fully saturated rings. The molecule has 100 valence electrons. The normalized spacial score (nSPS) is 10.5. The number of carbonyl (C=O) groups excluding carboxylic acids is 1. The Morgan fingerprint density at radius 1 is 1.21 bits per heavy atom. The Morgan fingerprint density at radius 2 is 1.84 bits per heavy atom. The van der Waals surface area contributed by atoms with E-state index in [0.29, 0.717) is 6.54 Å². The number of hydrogen-bond acceptors (Lipinski definition) is 2. The molecule has 19 heavy (non-hydrogen) atoms. The molecular weight excluding hydrogens is 322 g/mol. The average Bonchev–Trinajstić information content (AvgIpc) is 2.71. The standard InChI is InChI=1S/C15H16BrNOS/c1-9-6-10(2)14(11(3)7-9)15(18)17-8-12-4-5-13(16)19-12/h4-7H,8H2,1-3H3,(H,17,18). The smallest absolute Gasteiger partial charge is 0.252 e. The fraction of sp³-hybridized carbons (Fsp3) is 0.267. The second-order valence-electron chi connectivity index (χ2n) is 4.66. The van der Waals surface area contributed by atoms with E-state index in [1.807, 2.05) is 45.0 Å². The number of carbonyl (C=O) groups is 1. The summed E-state index contributed by atoms with van der Waals surface area (Å²) in [4.78, 5) is 13.4. The van der Waals surface area contributed by atoms with Crippen LogP contribution in [0.1, 0.15) is 31.9 Å². The first kappa shape index (κ1) is 14.3. The van der Waals surface area contributed by atoms with Gasteiger partial charge in [0.05, 0.1) is 10.3 Å². The molecule has 0 aliphatic heterocycles. The van der Waals surface area contributed by atoms with E-state index in [2.05, 4.69) is 21.2 Å². The molecule has 0 radical (unpaired) electrons. The van der Waals surface area contributed by atoms with Crippen LogP contribution < -0.4 is 5.32 Å². The molecule has 0 saturated carbocycles. The summed E-state index contributed by atoms with van der Waals surface area (Å²) in [6, 6.07) is 8.10. The van der Waals surface area contributed by atoms with Crippen molar-refractivity contribution in [3.8, 4) is 0 Å². The Bertz CT molecular complexity index is 595. The van der Waals surface area contributed by atoms with Crippen molar-refractivity contribution in [2.45, 2.75) is 27.3 Å². The van der Waals surface area contributed by atoms with Crippen LogP contribution in [0.25, 0.3) is 0 Å². The van der Waals surface area contributed by atoms with Crippen molar-refractivity contribution in [3.05, 3.63) is 55.2 Å². The molecule has 1 aromatic carbocycles. The molecule has 0 aliphatic carbocycles. The highest BCUT2D eigenvalue weighted by Gasteiger charge is 2.12. The van der Waals surface area contributed by atoms with Crippen LogP contribution in [-0.2, 0) is 6.54 Å². The third-order valence-corrected chi connectivity index (χ3v) is 4.58. The van der Waals surface area contributed by atoms with Crippen LogP contribution in [0.15, 0.2) is 28.1 Å². The maximum absolute atomic E-state index is 12.3. The molecule has 2 rings (SSSR count). The van der Waals surface area contributed by atoms with Crippen molar-refractivity contribution < 1.29 is 4.79 Å². The molecular formula is C15H16BrNOS. The summed E-state index contributed by atoms with van der Waals surface area (Å²) in [5, 5.41) is 2.98. The Balaban J connectivity index is 2.12. The van der Waals surface area contributed by atoms with Gasteiger partial charge in [0.2, 0.25) is 0 Å². The van der Waals surface area contributed by atoms with E-state index in [0.717, 1.165) is 25.4 Å². The van der Waals surface area contributed by atoms with Crippen LogP contribution in [0.3, 0.4) is 0 Å². The summed E-state index contributed by atoms with van der Waals surface area (Å²) in [5.41, 5.74) is 4.04. The number of rotatable bonds is 3. The number of hydrogen-bond donors (Lipinski definition) is 1. The van der Waals surface area contributed by atoms with Gasteiger partial charge in [-0.3, -0.25) is 4.79 Å². The van der Waals surface area contributed by atoms with Gasteiger partial charge in [-0.15, -0.1) is 11.3 Å². The van der Waals surface area contributed by atoms with Crippen LogP contribution in [0, 0.1) is 20.8 Å². The van der Waals surface area contributed by atoms with Crippen LogP contribution in [0.2, 0.25) is 0 Å². The minimum absolute atomic E-state index is 0.000442. The summed E-state index contributed by atoms with van der Waals surface area (Å²) >= 11 is 5.06. The topological polar surface area (TPSA) is 29.1 Å². The van der Waals surface area contributed by atoms with Gasteiger partial charge in [-0.1, -0.05) is 17.7 Å². The van der Waals surface area contributed by atoms with Crippen molar-refractivity contribution in [2.75, 3.05) is 0 Å². The molecule has 1 amide bonds. The van der Waals surface area contributed by atoms with E-state index >= 15 is 0 Å². The molecule has 4 heteroatoms. The van der Waals surface area contributed by atoms with Crippen molar-refractivity contribution >= 4 is 33.2 Å². The van der Waals surface area contributed by atoms with Crippen LogP contribution >= 0.6 is 27.3 Å². The Hall–Kier alpha value is -1.13. The van der Waals surface area contributed by atoms with Gasteiger partial charge < -0.3 is 5.32 Å². The van der Waals surface area contributed by atoms with Crippen LogP contribution in [-0.4, -0.2) is 5.91 Å². The van der Waals surface area contributed by atoms with E-state index < -0.39 is 0 Å². The fourth-order valence-electron chi connectivity index (χ4n) is 2.24. The lowest BCUT2D eigenvalue weighted by atomic mass is 9.99. The number of halogens is 1. The van der Waals surface area contributed by atoms with Gasteiger partial charge in [-0.25, -0.2) is 0 Å². The van der Waals surface area contributed by atoms with Crippen molar-refractivity contribution in [1.29, 1.82) is 0 Å². The maximum atomic E-state index is 12.3. The minimum atomic E-state index is -0.000442. The largest absolute Gasteiger partial charge is 0.347 e. The Kier molecular flexibility index (Phi) is 4.42. The lowest BCUT2D eigenvalue weighted by Gasteiger charge is -2.11. The monoisotopic (exact) mass is 337 g/mol. The lowest BCUT2D eigenvalue weighted by molar-refractivity contribution is 0.0950. The molecule has 2 aromatic rings. The zero-order valence-electron chi connectivity index (χ0n) is 11.2. The summed E-state index contributed by atoms with van der Waals surface area (Å²) in [6.07, 6.45) is 0. The minimum Gasteiger partial charge on any atom is -0.347 e. The first-order chi connectivity index (χ1) is 8.97. The van der Waals surface area contributed by atoms with E-state index in [1.165, 1.54) is 5.56 Å². The highest BCUT2D eigenvalue weighted by atomic mass is 79.9. The average molecular weight is 338 g/mol. The molecule has 0 aliphatic rings. The summed E-state index contributed by atoms with van der Waals surface area (Å²) in [6.45, 7) is 6.58. The molecule has 0 spiro atoms. The van der Waals surface area contributed by atoms with Gasteiger partial charge in [0, 0.05) is 10.4 Å². The maximum Gasteiger partial charge on any atom is 0.252 e. The Labute approximate surface area is 126 Å². The number of amides is 1. The van der Waals surface area contributed by atoms with Crippen molar-refractivity contribution in [3.63, 3.8) is 0 Å². The predicted molar refractivity (Wildman–Crippen MR) is 83.8 cm³/mol. The molecule has 0 bridgehead atoms. The highest BCUT2D eigenvalue weighted by Crippen LogP contribution is 2.22. The first-order valence-electron chi connectivity index (χ1n) is 6.07. The number of aryl methyl sites for hydroxylation is 3. The highest BCUT2D eigenvalue weighted by molar-refractivity contribution is 9.11. The van der Waals surface area contributed by atoms with Crippen molar-refractivity contribution in [1.82, 2.24) is 5.32 Å². The molecule has 1 heterocycles. The molecule has 0 saturated heterocycles. The lowest BCUT2D eigenvalue weighted by Crippen LogP contribution is -2.24. The number of benzene rings is 1. The predicted octanol–water partition coefficient (Wildman–Crippen LogP) is 4.37. The zero-order chi connectivity index (χ0) is 14.0. The number of thiophene rings is 1. The van der Waals surface area contributed by atoms with Gasteiger partial charge >= 0.3 is 0 Å². The molecule has 2 nitrogen and oxygen atoms in total. The quantitative estimate of drug-likeness (QED) is 0.885. The summed E-state index contributed by atoms with van der Waals surface area (Å²) in [7, 11) is 0. The van der Waals surface area contributed by atoms with Gasteiger partial charge in [-0.2, -0.15) is 0 Å². The van der Waals surface area contributed by atoms with Crippen molar-refractivity contribution in [2.24, 2.45) is 0 Å². The fourth-order valence-corrected chi connectivity index (χ4v) is 3.66. The first-order valence-corrected chi connectivity index (χ1v) is 7.68. The van der Waals surface area contributed by atoms with Gasteiger partial charge in [-0.05, 0) is 60.0 Å². The molecule has 0 atom stereocenters. The summed E-state index contributed by atoms with van der Waals surface area (Å²) < 4.78 is 1.08. The molecule has 0 unspecified atom stereocenters. The second kappa shape index (κ2) is 5.88. The Morgan fingerprint density at radius 3 is 2.37 bits per heavy atom. The van der Waals surface area contributed by atoms with Crippen LogP contribution in [0.5, 0.6) is 0 Å². The zero-order valence-corrected chi connectivity index (χ0v) is 13.6. The van der Waals surface area contributed by atoms with E-state index in [9.17, 15) is 4.79 Å². The molecule has 1 aromatic heterocycles. The van der Waals surface area contributed by atoms with Gasteiger partial charge in [0.25, 0.3) is 5.91 Å². The SMILES string of the molecule is Cc1cc(C)c(C(=O)NCc2ccc(Br)s2)c(C)c1. The third-order valence-electron chi connectivity index (χ3n) is 2.96. The third kappa shape index (κ3) is 3.45. The van der Waals surface area contributed by atoms with Crippen LogP contribution in [0.4, 0.5) is 0 Å². The molecule has 1 N–H and O–H groups in total. The summed E-state index contributed by atoms with van der Waals surface area (Å²) in [5.74, 6) is -0.000442. The number of nitrogens with one attached hydrogen (secondary N) is 1. The van der Waals surface area contributed by atoms with E-state index in [-0.39, 0.29) is 5.91 Å². The van der Waals surface area contributed by atoms with Gasteiger partial charge in [0.15, 0.2) is 0 Å². The van der Waals surface area contributed by atoms with Gasteiger partial charge in [0.1, 0.15) is 0 Å².